The van der Waals surface area contributed by atoms with Gasteiger partial charge in [0.05, 0.1) is 12.7 Å². The highest BCUT2D eigenvalue weighted by atomic mass is 35.5. The summed E-state index contributed by atoms with van der Waals surface area (Å²) in [7, 11) is 0. The number of thioether (sulfide) groups is 1. The molecular formula is C17H26ClNOS. The van der Waals surface area contributed by atoms with E-state index in [4.69, 9.17) is 16.3 Å². The van der Waals surface area contributed by atoms with Crippen molar-refractivity contribution in [3.8, 4) is 0 Å². The lowest BCUT2D eigenvalue weighted by Gasteiger charge is -2.33. The zero-order valence-electron chi connectivity index (χ0n) is 13.1. The zero-order valence-corrected chi connectivity index (χ0v) is 14.6. The molecule has 1 fully saturated rings. The fourth-order valence-corrected chi connectivity index (χ4v) is 3.59. The molecular weight excluding hydrogens is 302 g/mol. The summed E-state index contributed by atoms with van der Waals surface area (Å²) in [6, 6.07) is 8.05. The van der Waals surface area contributed by atoms with Crippen LogP contribution in [0, 0.1) is 5.92 Å². The highest BCUT2D eigenvalue weighted by Gasteiger charge is 2.21. The Morgan fingerprint density at radius 2 is 2.10 bits per heavy atom. The van der Waals surface area contributed by atoms with Crippen LogP contribution in [0.5, 0.6) is 0 Å². The maximum absolute atomic E-state index is 5.95. The first-order valence-corrected chi connectivity index (χ1v) is 9.35. The van der Waals surface area contributed by atoms with E-state index < -0.39 is 0 Å². The monoisotopic (exact) mass is 327 g/mol. The molecule has 1 saturated heterocycles. The summed E-state index contributed by atoms with van der Waals surface area (Å²) >= 11 is 8.02. The van der Waals surface area contributed by atoms with E-state index in [0.717, 1.165) is 30.6 Å². The van der Waals surface area contributed by atoms with Crippen molar-refractivity contribution in [2.24, 2.45) is 5.92 Å². The Kier molecular flexibility index (Phi) is 7.38. The standard InChI is InChI=1S/C17H26ClNOS/c1-14(2)13-21-11-3-8-19-9-10-20-17(12-19)15-4-6-16(18)7-5-15/h4-7,14,17H,3,8-13H2,1-2H3/t17-/m1/s1. The van der Waals surface area contributed by atoms with Crippen molar-refractivity contribution >= 4 is 23.4 Å². The van der Waals surface area contributed by atoms with E-state index in [0.29, 0.717) is 0 Å². The Hall–Kier alpha value is -0.220. The third kappa shape index (κ3) is 6.19. The van der Waals surface area contributed by atoms with Crippen LogP contribution in [0.2, 0.25) is 5.02 Å². The van der Waals surface area contributed by atoms with Gasteiger partial charge in [-0.05, 0) is 48.1 Å². The van der Waals surface area contributed by atoms with Gasteiger partial charge in [0.1, 0.15) is 0 Å². The van der Waals surface area contributed by atoms with Gasteiger partial charge in [0.2, 0.25) is 0 Å². The first-order valence-electron chi connectivity index (χ1n) is 7.82. The molecule has 0 unspecified atom stereocenters. The fraction of sp³-hybridized carbons (Fsp3) is 0.647. The number of ether oxygens (including phenoxy) is 1. The van der Waals surface area contributed by atoms with Crippen LogP contribution in [0.15, 0.2) is 24.3 Å². The Balaban J connectivity index is 1.72. The third-order valence-corrected chi connectivity index (χ3v) is 5.34. The van der Waals surface area contributed by atoms with Gasteiger partial charge in [-0.15, -0.1) is 0 Å². The van der Waals surface area contributed by atoms with Crippen LogP contribution in [0.1, 0.15) is 31.9 Å². The second kappa shape index (κ2) is 9.04. The number of nitrogens with zero attached hydrogens (tertiary/aromatic N) is 1. The molecule has 0 aliphatic carbocycles. The van der Waals surface area contributed by atoms with Crippen molar-refractivity contribution < 1.29 is 4.74 Å². The number of morpholine rings is 1. The molecule has 0 bridgehead atoms. The normalized spacial score (nSPS) is 20.1. The molecule has 0 amide bonds. The van der Waals surface area contributed by atoms with Crippen LogP contribution in [0.3, 0.4) is 0 Å². The van der Waals surface area contributed by atoms with E-state index in [1.165, 1.54) is 30.0 Å². The molecule has 0 spiro atoms. The lowest BCUT2D eigenvalue weighted by Crippen LogP contribution is -2.39. The predicted octanol–water partition coefficient (Wildman–Crippen LogP) is 4.49. The molecule has 4 heteroatoms. The summed E-state index contributed by atoms with van der Waals surface area (Å²) in [5, 5.41) is 0.786. The second-order valence-corrected chi connectivity index (χ2v) is 7.62. The average molecular weight is 328 g/mol. The molecule has 21 heavy (non-hydrogen) atoms. The number of hydrogen-bond donors (Lipinski definition) is 0. The molecule has 1 atom stereocenters. The fourth-order valence-electron chi connectivity index (χ4n) is 2.49. The van der Waals surface area contributed by atoms with Crippen molar-refractivity contribution in [3.05, 3.63) is 34.9 Å². The molecule has 0 saturated carbocycles. The second-order valence-electron chi connectivity index (χ2n) is 6.03. The molecule has 2 rings (SSSR count). The molecule has 1 aliphatic rings. The Morgan fingerprint density at radius 1 is 1.33 bits per heavy atom. The molecule has 2 nitrogen and oxygen atoms in total. The van der Waals surface area contributed by atoms with Crippen LogP contribution in [-0.4, -0.2) is 42.6 Å². The summed E-state index contributed by atoms with van der Waals surface area (Å²) in [5.41, 5.74) is 1.23. The number of hydrogen-bond acceptors (Lipinski definition) is 3. The first-order chi connectivity index (χ1) is 10.1. The van der Waals surface area contributed by atoms with Gasteiger partial charge in [-0.3, -0.25) is 4.90 Å². The lowest BCUT2D eigenvalue weighted by molar-refractivity contribution is -0.0297. The Labute approximate surface area is 138 Å². The number of halogens is 1. The van der Waals surface area contributed by atoms with Gasteiger partial charge < -0.3 is 4.74 Å². The smallest absolute Gasteiger partial charge is 0.0952 e. The van der Waals surface area contributed by atoms with Crippen molar-refractivity contribution in [1.29, 1.82) is 0 Å². The molecule has 0 radical (unpaired) electrons. The maximum atomic E-state index is 5.95. The van der Waals surface area contributed by atoms with Crippen LogP contribution < -0.4 is 0 Å². The molecule has 1 aromatic carbocycles. The van der Waals surface area contributed by atoms with E-state index in [9.17, 15) is 0 Å². The highest BCUT2D eigenvalue weighted by Crippen LogP contribution is 2.23. The molecule has 0 N–H and O–H groups in total. The number of rotatable bonds is 7. The van der Waals surface area contributed by atoms with Gasteiger partial charge in [-0.2, -0.15) is 11.8 Å². The zero-order chi connectivity index (χ0) is 15.1. The Bertz CT molecular complexity index is 410. The highest BCUT2D eigenvalue weighted by molar-refractivity contribution is 7.99. The largest absolute Gasteiger partial charge is 0.371 e. The number of benzene rings is 1. The van der Waals surface area contributed by atoms with Crippen LogP contribution in [-0.2, 0) is 4.74 Å². The summed E-state index contributed by atoms with van der Waals surface area (Å²) in [6.07, 6.45) is 1.46. The minimum atomic E-state index is 0.194. The topological polar surface area (TPSA) is 12.5 Å². The summed E-state index contributed by atoms with van der Waals surface area (Å²) in [6.45, 7) is 8.62. The van der Waals surface area contributed by atoms with Gasteiger partial charge in [-0.1, -0.05) is 37.6 Å². The molecule has 0 aromatic heterocycles. The minimum Gasteiger partial charge on any atom is -0.371 e. The van der Waals surface area contributed by atoms with Crippen molar-refractivity contribution in [3.63, 3.8) is 0 Å². The third-order valence-electron chi connectivity index (χ3n) is 3.61. The van der Waals surface area contributed by atoms with Crippen LogP contribution >= 0.6 is 23.4 Å². The van der Waals surface area contributed by atoms with Gasteiger partial charge in [-0.25, -0.2) is 0 Å². The van der Waals surface area contributed by atoms with Gasteiger partial charge in [0.25, 0.3) is 0 Å². The SMILES string of the molecule is CC(C)CSCCCN1CCO[C@@H](c2ccc(Cl)cc2)C1. The average Bonchev–Trinajstić information content (AvgIpc) is 2.48. The summed E-state index contributed by atoms with van der Waals surface area (Å²) in [5.74, 6) is 3.34. The lowest BCUT2D eigenvalue weighted by atomic mass is 10.1. The van der Waals surface area contributed by atoms with Crippen molar-refractivity contribution in [2.45, 2.75) is 26.4 Å². The predicted molar refractivity (Wildman–Crippen MR) is 93.4 cm³/mol. The van der Waals surface area contributed by atoms with Crippen molar-refractivity contribution in [1.82, 2.24) is 4.90 Å². The van der Waals surface area contributed by atoms with Crippen LogP contribution in [0.4, 0.5) is 0 Å². The van der Waals surface area contributed by atoms with Crippen molar-refractivity contribution in [2.75, 3.05) is 37.7 Å². The molecule has 1 aliphatic heterocycles. The first kappa shape index (κ1) is 17.1. The van der Waals surface area contributed by atoms with E-state index in [1.807, 2.05) is 12.1 Å². The quantitative estimate of drug-likeness (QED) is 0.684. The van der Waals surface area contributed by atoms with Gasteiger partial charge >= 0.3 is 0 Å². The van der Waals surface area contributed by atoms with Crippen LogP contribution in [0.25, 0.3) is 0 Å². The Morgan fingerprint density at radius 3 is 2.81 bits per heavy atom. The molecule has 1 aromatic rings. The van der Waals surface area contributed by atoms with E-state index in [1.54, 1.807) is 0 Å². The molecule has 1 heterocycles. The van der Waals surface area contributed by atoms with E-state index in [-0.39, 0.29) is 6.10 Å². The molecule has 118 valence electrons. The van der Waals surface area contributed by atoms with Gasteiger partial charge in [0, 0.05) is 18.1 Å². The maximum Gasteiger partial charge on any atom is 0.0952 e. The summed E-state index contributed by atoms with van der Waals surface area (Å²) < 4.78 is 5.90. The minimum absolute atomic E-state index is 0.194. The summed E-state index contributed by atoms with van der Waals surface area (Å²) in [4.78, 5) is 2.53. The van der Waals surface area contributed by atoms with Gasteiger partial charge in [0.15, 0.2) is 0 Å². The van der Waals surface area contributed by atoms with E-state index in [2.05, 4.69) is 42.6 Å². The van der Waals surface area contributed by atoms with E-state index >= 15 is 0 Å².